The van der Waals surface area contributed by atoms with E-state index in [1.165, 1.54) is 116 Å². The zero-order valence-electron chi connectivity index (χ0n) is 43.4. The molecule has 0 aliphatic carbocycles. The monoisotopic (exact) mass is 949 g/mol. The van der Waals surface area contributed by atoms with Crippen molar-refractivity contribution in [1.29, 1.82) is 0 Å². The van der Waals surface area contributed by atoms with Gasteiger partial charge in [-0.25, -0.2) is 4.57 Å². The largest absolute Gasteiger partial charge is 0.472 e. The van der Waals surface area contributed by atoms with Gasteiger partial charge in [0, 0.05) is 12.8 Å². The van der Waals surface area contributed by atoms with Crippen molar-refractivity contribution in [2.45, 2.75) is 238 Å². The lowest BCUT2D eigenvalue weighted by atomic mass is 10.0. The SMILES string of the molecule is CCC/C=C\C/C=C\CCCCCCCC(=O)OCC(COP(=O)(O)OCC[N+](C)(C)C)OC(=O)CCCCCCCCCCCCCCCC/C=C\C/C=C\C/C=C\CCCCCCC. The molecule has 0 saturated heterocycles. The number of phosphoric acid groups is 1. The molecule has 0 spiro atoms. The quantitative estimate of drug-likeness (QED) is 0.0211. The number of nitrogens with zero attached hydrogens (tertiary/aromatic N) is 1. The third kappa shape index (κ3) is 51.1. The van der Waals surface area contributed by atoms with Crippen LogP contribution in [-0.2, 0) is 32.7 Å². The molecule has 0 aromatic carbocycles. The first-order chi connectivity index (χ1) is 32.0. The van der Waals surface area contributed by atoms with E-state index in [1.807, 2.05) is 21.1 Å². The highest BCUT2D eigenvalue weighted by Gasteiger charge is 2.27. The Bertz CT molecular complexity index is 1300. The number of hydrogen-bond acceptors (Lipinski definition) is 7. The van der Waals surface area contributed by atoms with Gasteiger partial charge in [0.1, 0.15) is 19.8 Å². The number of unbranched alkanes of at least 4 members (excludes halogenated alkanes) is 25. The number of ether oxygens (including phenoxy) is 2. The summed E-state index contributed by atoms with van der Waals surface area (Å²) in [5.41, 5.74) is 0. The molecular formula is C56H103NO8P+. The van der Waals surface area contributed by atoms with Crippen molar-refractivity contribution >= 4 is 19.8 Å². The van der Waals surface area contributed by atoms with Crippen LogP contribution >= 0.6 is 7.82 Å². The standard InChI is InChI=1S/C56H102NO8P/c1-6-8-10-12-14-16-18-20-21-22-23-24-25-26-27-28-29-30-31-32-33-34-35-37-39-41-43-45-47-49-56(59)65-54(53-64-66(60,61)63-51-50-57(3,4)5)52-62-55(58)48-46-44-42-40-38-36-19-17-15-13-11-9-7-2/h11,13,17-20,22-23,25-26,54H,6-10,12,14-16,21,24,27-53H2,1-5H3/p+1/b13-11-,19-17-,20-18-,23-22-,26-25-. The van der Waals surface area contributed by atoms with Crippen LogP contribution in [-0.4, -0.2) is 74.9 Å². The minimum atomic E-state index is -4.38. The summed E-state index contributed by atoms with van der Waals surface area (Å²) in [7, 11) is 1.47. The third-order valence-electron chi connectivity index (χ3n) is 11.5. The Hall–Kier alpha value is -2.29. The molecule has 0 aliphatic rings. The van der Waals surface area contributed by atoms with E-state index in [2.05, 4.69) is 74.6 Å². The number of rotatable bonds is 49. The normalized spacial score (nSPS) is 13.8. The smallest absolute Gasteiger partial charge is 0.462 e. The maximum atomic E-state index is 12.8. The maximum Gasteiger partial charge on any atom is 0.472 e. The number of likely N-dealkylation sites (N-methyl/N-ethyl adjacent to an activating group) is 1. The van der Waals surface area contributed by atoms with Crippen LogP contribution in [0.25, 0.3) is 0 Å². The van der Waals surface area contributed by atoms with E-state index < -0.39 is 26.5 Å². The van der Waals surface area contributed by atoms with Crippen LogP contribution in [0.2, 0.25) is 0 Å². The summed E-state index contributed by atoms with van der Waals surface area (Å²) in [6, 6.07) is 0. The Morgan fingerprint density at radius 3 is 1.27 bits per heavy atom. The van der Waals surface area contributed by atoms with Crippen molar-refractivity contribution < 1.29 is 42.1 Å². The summed E-state index contributed by atoms with van der Waals surface area (Å²) in [4.78, 5) is 35.5. The van der Waals surface area contributed by atoms with Crippen molar-refractivity contribution in [3.63, 3.8) is 0 Å². The lowest BCUT2D eigenvalue weighted by molar-refractivity contribution is -0.870. The summed E-state index contributed by atoms with van der Waals surface area (Å²) in [5.74, 6) is -0.813. The molecule has 10 heteroatoms. The molecule has 0 radical (unpaired) electrons. The molecule has 0 fully saturated rings. The van der Waals surface area contributed by atoms with E-state index in [0.29, 0.717) is 17.4 Å². The van der Waals surface area contributed by atoms with Gasteiger partial charge in [-0.15, -0.1) is 0 Å². The number of carbonyl (C=O) groups is 2. The van der Waals surface area contributed by atoms with Crippen LogP contribution in [0.1, 0.15) is 232 Å². The summed E-state index contributed by atoms with van der Waals surface area (Å²) < 4.78 is 34.4. The molecule has 66 heavy (non-hydrogen) atoms. The van der Waals surface area contributed by atoms with Crippen molar-refractivity contribution in [3.05, 3.63) is 60.8 Å². The van der Waals surface area contributed by atoms with Gasteiger partial charge in [-0.2, -0.15) is 0 Å². The zero-order valence-corrected chi connectivity index (χ0v) is 44.3. The van der Waals surface area contributed by atoms with Gasteiger partial charge in [-0.05, 0) is 77.0 Å². The highest BCUT2D eigenvalue weighted by atomic mass is 31.2. The minimum Gasteiger partial charge on any atom is -0.462 e. The van der Waals surface area contributed by atoms with Gasteiger partial charge in [-0.1, -0.05) is 203 Å². The molecule has 0 bridgehead atoms. The van der Waals surface area contributed by atoms with Gasteiger partial charge < -0.3 is 18.9 Å². The first kappa shape index (κ1) is 63.7. The molecule has 1 N–H and O–H groups in total. The summed E-state index contributed by atoms with van der Waals surface area (Å²) in [6.45, 7) is 4.34. The zero-order chi connectivity index (χ0) is 48.5. The number of allylic oxidation sites excluding steroid dienone is 10. The number of hydrogen-bond donors (Lipinski definition) is 1. The molecule has 0 aliphatic heterocycles. The van der Waals surface area contributed by atoms with Gasteiger partial charge in [0.15, 0.2) is 6.10 Å². The molecule has 0 saturated carbocycles. The summed E-state index contributed by atoms with van der Waals surface area (Å²) in [5, 5.41) is 0. The molecule has 9 nitrogen and oxygen atoms in total. The van der Waals surface area contributed by atoms with Crippen LogP contribution < -0.4 is 0 Å². The molecule has 0 aromatic rings. The van der Waals surface area contributed by atoms with Gasteiger partial charge in [-0.3, -0.25) is 18.6 Å². The maximum absolute atomic E-state index is 12.8. The number of esters is 2. The number of phosphoric ester groups is 1. The van der Waals surface area contributed by atoms with Crippen LogP contribution in [0.15, 0.2) is 60.8 Å². The Kier molecular flexibility index (Phi) is 46.1. The average molecular weight is 949 g/mol. The minimum absolute atomic E-state index is 0.0278. The Morgan fingerprint density at radius 1 is 0.470 bits per heavy atom. The first-order valence-electron chi connectivity index (χ1n) is 27.0. The fourth-order valence-electron chi connectivity index (χ4n) is 7.30. The second kappa shape index (κ2) is 47.8. The van der Waals surface area contributed by atoms with Crippen molar-refractivity contribution in [2.24, 2.45) is 0 Å². The Labute approximate surface area is 406 Å². The lowest BCUT2D eigenvalue weighted by Crippen LogP contribution is -2.37. The molecule has 2 unspecified atom stereocenters. The second-order valence-electron chi connectivity index (χ2n) is 19.3. The predicted molar refractivity (Wildman–Crippen MR) is 279 cm³/mol. The van der Waals surface area contributed by atoms with E-state index in [-0.39, 0.29) is 32.0 Å². The highest BCUT2D eigenvalue weighted by molar-refractivity contribution is 7.47. The van der Waals surface area contributed by atoms with Crippen molar-refractivity contribution in [1.82, 2.24) is 0 Å². The second-order valence-corrected chi connectivity index (χ2v) is 20.7. The molecule has 0 heterocycles. The molecule has 0 aromatic heterocycles. The van der Waals surface area contributed by atoms with Gasteiger partial charge >= 0.3 is 19.8 Å². The van der Waals surface area contributed by atoms with Gasteiger partial charge in [0.2, 0.25) is 0 Å². The molecule has 0 amide bonds. The van der Waals surface area contributed by atoms with Crippen LogP contribution in [0.5, 0.6) is 0 Å². The Balaban J connectivity index is 4.12. The van der Waals surface area contributed by atoms with Crippen LogP contribution in [0, 0.1) is 0 Å². The number of quaternary nitrogens is 1. The van der Waals surface area contributed by atoms with Gasteiger partial charge in [0.05, 0.1) is 27.7 Å². The molecule has 384 valence electrons. The topological polar surface area (TPSA) is 108 Å². The average Bonchev–Trinajstić information content (AvgIpc) is 3.27. The fraction of sp³-hybridized carbons (Fsp3) is 0.786. The molecule has 0 rings (SSSR count). The number of carbonyl (C=O) groups excluding carboxylic acids is 2. The van der Waals surface area contributed by atoms with E-state index in [9.17, 15) is 19.0 Å². The van der Waals surface area contributed by atoms with E-state index in [0.717, 1.165) is 83.5 Å². The van der Waals surface area contributed by atoms with Gasteiger partial charge in [0.25, 0.3) is 0 Å². The lowest BCUT2D eigenvalue weighted by Gasteiger charge is -2.24. The third-order valence-corrected chi connectivity index (χ3v) is 12.5. The Morgan fingerprint density at radius 2 is 0.848 bits per heavy atom. The fourth-order valence-corrected chi connectivity index (χ4v) is 8.04. The van der Waals surface area contributed by atoms with Crippen molar-refractivity contribution in [2.75, 3.05) is 47.5 Å². The van der Waals surface area contributed by atoms with E-state index in [4.69, 9.17) is 18.5 Å². The highest BCUT2D eigenvalue weighted by Crippen LogP contribution is 2.43. The first-order valence-corrected chi connectivity index (χ1v) is 28.5. The summed E-state index contributed by atoms with van der Waals surface area (Å²) in [6.07, 6.45) is 60.0. The van der Waals surface area contributed by atoms with E-state index in [1.54, 1.807) is 0 Å². The van der Waals surface area contributed by atoms with E-state index >= 15 is 0 Å². The van der Waals surface area contributed by atoms with Crippen molar-refractivity contribution in [3.8, 4) is 0 Å². The van der Waals surface area contributed by atoms with Crippen LogP contribution in [0.3, 0.4) is 0 Å². The molecular weight excluding hydrogens is 846 g/mol. The molecule has 2 atom stereocenters. The summed E-state index contributed by atoms with van der Waals surface area (Å²) >= 11 is 0. The predicted octanol–water partition coefficient (Wildman–Crippen LogP) is 16.4. The van der Waals surface area contributed by atoms with Crippen LogP contribution in [0.4, 0.5) is 0 Å².